The molecule has 2 aromatic rings. The summed E-state index contributed by atoms with van der Waals surface area (Å²) in [7, 11) is 0. The Balaban J connectivity index is 2.16. The van der Waals surface area contributed by atoms with E-state index in [-0.39, 0.29) is 12.2 Å². The van der Waals surface area contributed by atoms with E-state index in [9.17, 15) is 4.79 Å². The van der Waals surface area contributed by atoms with Crippen LogP contribution in [0, 0.1) is 0 Å². The molecule has 1 N–H and O–H groups in total. The third-order valence-corrected chi connectivity index (χ3v) is 3.31. The second-order valence-corrected chi connectivity index (χ2v) is 5.23. The Morgan fingerprint density at radius 3 is 3.00 bits per heavy atom. The highest BCUT2D eigenvalue weighted by molar-refractivity contribution is 9.10. The lowest BCUT2D eigenvalue weighted by Gasteiger charge is -2.11. The van der Waals surface area contributed by atoms with Crippen LogP contribution in [0.2, 0.25) is 0 Å². The van der Waals surface area contributed by atoms with E-state index in [2.05, 4.69) is 27.8 Å². The van der Waals surface area contributed by atoms with Gasteiger partial charge in [-0.25, -0.2) is 9.78 Å². The zero-order valence-electron chi connectivity index (χ0n) is 11.0. The van der Waals surface area contributed by atoms with Crippen LogP contribution in [0.1, 0.15) is 29.4 Å². The molecule has 0 fully saturated rings. The molecule has 2 rings (SSSR count). The maximum Gasteiger partial charge on any atom is 0.339 e. The van der Waals surface area contributed by atoms with Crippen molar-refractivity contribution in [2.45, 2.75) is 26.5 Å². The van der Waals surface area contributed by atoms with E-state index in [1.807, 2.05) is 4.57 Å². The van der Waals surface area contributed by atoms with Gasteiger partial charge in [0.1, 0.15) is 17.9 Å². The molecule has 5 nitrogen and oxygen atoms in total. The number of aryl methyl sites for hydroxylation is 1. The highest BCUT2D eigenvalue weighted by atomic mass is 79.9. The maximum absolute atomic E-state index is 11.2. The zero-order valence-corrected chi connectivity index (χ0v) is 12.6. The Hall–Kier alpha value is -1.82. The van der Waals surface area contributed by atoms with Crippen molar-refractivity contribution in [3.8, 4) is 5.75 Å². The molecule has 20 heavy (non-hydrogen) atoms. The Bertz CT molecular complexity index is 610. The third kappa shape index (κ3) is 3.39. The van der Waals surface area contributed by atoms with Crippen LogP contribution in [-0.4, -0.2) is 20.6 Å². The van der Waals surface area contributed by atoms with Crippen LogP contribution in [0.4, 0.5) is 0 Å². The quantitative estimate of drug-likeness (QED) is 0.877. The first kappa shape index (κ1) is 14.6. The summed E-state index contributed by atoms with van der Waals surface area (Å²) in [5.41, 5.74) is 1.07. The van der Waals surface area contributed by atoms with Crippen LogP contribution in [0.25, 0.3) is 0 Å². The fraction of sp³-hybridized carbons (Fsp3) is 0.286. The van der Waals surface area contributed by atoms with E-state index in [1.165, 1.54) is 6.07 Å². The van der Waals surface area contributed by atoms with Crippen LogP contribution in [0.5, 0.6) is 5.75 Å². The molecule has 0 radical (unpaired) electrons. The lowest BCUT2D eigenvalue weighted by Crippen LogP contribution is -2.07. The zero-order chi connectivity index (χ0) is 14.5. The Morgan fingerprint density at radius 2 is 2.30 bits per heavy atom. The second-order valence-electron chi connectivity index (χ2n) is 4.31. The van der Waals surface area contributed by atoms with Gasteiger partial charge in [-0.15, -0.1) is 0 Å². The van der Waals surface area contributed by atoms with Gasteiger partial charge in [0.2, 0.25) is 0 Å². The monoisotopic (exact) mass is 338 g/mol. The number of benzene rings is 1. The van der Waals surface area contributed by atoms with Crippen molar-refractivity contribution in [3.63, 3.8) is 0 Å². The number of carboxylic acid groups (broad SMARTS) is 1. The third-order valence-electron chi connectivity index (χ3n) is 2.81. The molecule has 0 spiro atoms. The van der Waals surface area contributed by atoms with Gasteiger partial charge in [0.25, 0.3) is 0 Å². The number of carbonyl (C=O) groups is 1. The number of hydrogen-bond acceptors (Lipinski definition) is 3. The van der Waals surface area contributed by atoms with Crippen molar-refractivity contribution in [3.05, 3.63) is 46.5 Å². The average molecular weight is 339 g/mol. The standard InChI is InChI=1S/C14H15BrN2O3/c1-2-5-17-9-16-7-11(17)8-20-13-6-10(15)3-4-12(13)14(18)19/h3-4,6-7,9H,2,5,8H2,1H3,(H,18,19). The van der Waals surface area contributed by atoms with E-state index in [1.54, 1.807) is 24.7 Å². The molecule has 1 heterocycles. The van der Waals surface area contributed by atoms with E-state index in [4.69, 9.17) is 9.84 Å². The lowest BCUT2D eigenvalue weighted by molar-refractivity contribution is 0.0691. The number of ether oxygens (including phenoxy) is 1. The number of aromatic carboxylic acids is 1. The fourth-order valence-corrected chi connectivity index (χ4v) is 2.19. The molecule has 0 saturated carbocycles. The minimum Gasteiger partial charge on any atom is -0.486 e. The maximum atomic E-state index is 11.2. The highest BCUT2D eigenvalue weighted by Crippen LogP contribution is 2.24. The van der Waals surface area contributed by atoms with E-state index < -0.39 is 5.97 Å². The summed E-state index contributed by atoms with van der Waals surface area (Å²) in [4.78, 5) is 15.2. The number of imidazole rings is 1. The van der Waals surface area contributed by atoms with Crippen molar-refractivity contribution in [1.82, 2.24) is 9.55 Å². The van der Waals surface area contributed by atoms with E-state index >= 15 is 0 Å². The van der Waals surface area contributed by atoms with Crippen molar-refractivity contribution in [1.29, 1.82) is 0 Å². The van der Waals surface area contributed by atoms with E-state index in [0.29, 0.717) is 5.75 Å². The van der Waals surface area contributed by atoms with Gasteiger partial charge in [-0.3, -0.25) is 0 Å². The topological polar surface area (TPSA) is 64.4 Å². The smallest absolute Gasteiger partial charge is 0.339 e. The van der Waals surface area contributed by atoms with Crippen molar-refractivity contribution < 1.29 is 14.6 Å². The molecular formula is C14H15BrN2O3. The van der Waals surface area contributed by atoms with Gasteiger partial charge in [0.05, 0.1) is 18.2 Å². The van der Waals surface area contributed by atoms with Gasteiger partial charge in [0.15, 0.2) is 0 Å². The first-order valence-corrected chi connectivity index (χ1v) is 7.05. The number of rotatable bonds is 6. The molecule has 0 aliphatic carbocycles. The van der Waals surface area contributed by atoms with Gasteiger partial charge in [-0.2, -0.15) is 0 Å². The number of hydrogen-bond donors (Lipinski definition) is 1. The molecule has 0 amide bonds. The van der Waals surface area contributed by atoms with Gasteiger partial charge in [-0.1, -0.05) is 22.9 Å². The molecule has 6 heteroatoms. The van der Waals surface area contributed by atoms with Gasteiger partial charge < -0.3 is 14.4 Å². The molecule has 0 unspecified atom stereocenters. The summed E-state index contributed by atoms with van der Waals surface area (Å²) in [6.07, 6.45) is 4.48. The van der Waals surface area contributed by atoms with E-state index in [0.717, 1.165) is 23.1 Å². The van der Waals surface area contributed by atoms with Gasteiger partial charge >= 0.3 is 5.97 Å². The van der Waals surface area contributed by atoms with Crippen molar-refractivity contribution in [2.75, 3.05) is 0 Å². The summed E-state index contributed by atoms with van der Waals surface area (Å²) in [5, 5.41) is 9.14. The fourth-order valence-electron chi connectivity index (χ4n) is 1.85. The minimum atomic E-state index is -1.01. The Morgan fingerprint density at radius 1 is 1.50 bits per heavy atom. The molecule has 106 valence electrons. The number of nitrogens with zero attached hydrogens (tertiary/aromatic N) is 2. The van der Waals surface area contributed by atoms with Crippen LogP contribution in [0.15, 0.2) is 35.2 Å². The molecule has 0 bridgehead atoms. The normalized spacial score (nSPS) is 10.5. The first-order valence-electron chi connectivity index (χ1n) is 6.26. The summed E-state index contributed by atoms with van der Waals surface area (Å²) in [5.74, 6) is -0.661. The summed E-state index contributed by atoms with van der Waals surface area (Å²) < 4.78 is 8.41. The Labute approximate surface area is 125 Å². The van der Waals surface area contributed by atoms with Crippen LogP contribution in [-0.2, 0) is 13.2 Å². The van der Waals surface area contributed by atoms with Crippen molar-refractivity contribution >= 4 is 21.9 Å². The molecule has 1 aromatic carbocycles. The summed E-state index contributed by atoms with van der Waals surface area (Å²) >= 11 is 3.31. The predicted octanol–water partition coefficient (Wildman–Crippen LogP) is 3.33. The van der Waals surface area contributed by atoms with Crippen LogP contribution in [0.3, 0.4) is 0 Å². The van der Waals surface area contributed by atoms with Crippen LogP contribution < -0.4 is 4.74 Å². The minimum absolute atomic E-state index is 0.148. The number of carboxylic acids is 1. The molecule has 1 aromatic heterocycles. The number of aromatic nitrogens is 2. The number of halogens is 1. The summed E-state index contributed by atoms with van der Waals surface area (Å²) in [6, 6.07) is 4.85. The molecule has 0 saturated heterocycles. The molecule has 0 aliphatic rings. The van der Waals surface area contributed by atoms with Gasteiger partial charge in [0, 0.05) is 11.0 Å². The SMILES string of the molecule is CCCn1cncc1COc1cc(Br)ccc1C(=O)O. The largest absolute Gasteiger partial charge is 0.486 e. The van der Waals surface area contributed by atoms with Gasteiger partial charge in [-0.05, 0) is 24.6 Å². The predicted molar refractivity (Wildman–Crippen MR) is 78.0 cm³/mol. The second kappa shape index (κ2) is 6.56. The lowest BCUT2D eigenvalue weighted by atomic mass is 10.2. The van der Waals surface area contributed by atoms with Crippen LogP contribution >= 0.6 is 15.9 Å². The first-order chi connectivity index (χ1) is 9.61. The Kier molecular flexibility index (Phi) is 4.79. The molecule has 0 aliphatic heterocycles. The van der Waals surface area contributed by atoms with Crippen molar-refractivity contribution in [2.24, 2.45) is 0 Å². The average Bonchev–Trinajstić information content (AvgIpc) is 2.84. The summed E-state index contributed by atoms with van der Waals surface area (Å²) in [6.45, 7) is 3.24. The molecular weight excluding hydrogens is 324 g/mol. The molecule has 0 atom stereocenters. The highest BCUT2D eigenvalue weighted by Gasteiger charge is 2.12.